The van der Waals surface area contributed by atoms with Crippen molar-refractivity contribution in [2.75, 3.05) is 6.54 Å². The summed E-state index contributed by atoms with van der Waals surface area (Å²) in [6.45, 7) is 2.30. The highest BCUT2D eigenvalue weighted by atomic mass is 16.2. The molecule has 0 radical (unpaired) electrons. The molecule has 3 aliphatic rings. The molecule has 1 N–H and O–H groups in total. The molecule has 7 heteroatoms. The van der Waals surface area contributed by atoms with Gasteiger partial charge in [-0.15, -0.1) is 0 Å². The predicted octanol–water partition coefficient (Wildman–Crippen LogP) is 3.58. The van der Waals surface area contributed by atoms with E-state index in [9.17, 15) is 19.2 Å². The Morgan fingerprint density at radius 1 is 1.00 bits per heavy atom. The number of amides is 4. The van der Waals surface area contributed by atoms with Crippen LogP contribution in [0.5, 0.6) is 0 Å². The van der Waals surface area contributed by atoms with Gasteiger partial charge in [-0.1, -0.05) is 68.7 Å². The van der Waals surface area contributed by atoms with Crippen molar-refractivity contribution in [3.8, 4) is 0 Å². The topological polar surface area (TPSA) is 86.8 Å². The zero-order valence-electron chi connectivity index (χ0n) is 20.7. The van der Waals surface area contributed by atoms with E-state index in [0.717, 1.165) is 31.2 Å². The van der Waals surface area contributed by atoms with Crippen LogP contribution >= 0.6 is 0 Å². The molecular weight excluding hydrogens is 442 g/mol. The molecule has 4 amide bonds. The van der Waals surface area contributed by atoms with Crippen LogP contribution in [0.15, 0.2) is 42.5 Å². The first-order chi connectivity index (χ1) is 17.0. The summed E-state index contributed by atoms with van der Waals surface area (Å²) in [5.74, 6) is -1.27. The first-order valence-electron chi connectivity index (χ1n) is 13.1. The van der Waals surface area contributed by atoms with Crippen LogP contribution in [-0.2, 0) is 25.7 Å². The molecule has 188 valence electrons. The van der Waals surface area contributed by atoms with Crippen LogP contribution in [0.3, 0.4) is 0 Å². The van der Waals surface area contributed by atoms with E-state index in [0.29, 0.717) is 25.8 Å². The van der Waals surface area contributed by atoms with Gasteiger partial charge in [0.1, 0.15) is 6.04 Å². The summed E-state index contributed by atoms with van der Waals surface area (Å²) < 4.78 is 0. The molecule has 0 spiro atoms. The number of carbonyl (C=O) groups is 4. The molecule has 3 atom stereocenters. The van der Waals surface area contributed by atoms with Crippen LogP contribution in [0, 0.1) is 11.8 Å². The van der Waals surface area contributed by atoms with Crippen LogP contribution < -0.4 is 5.32 Å². The Morgan fingerprint density at radius 2 is 1.63 bits per heavy atom. The molecule has 35 heavy (non-hydrogen) atoms. The van der Waals surface area contributed by atoms with E-state index in [-0.39, 0.29) is 54.5 Å². The molecule has 1 heterocycles. The highest BCUT2D eigenvalue weighted by Crippen LogP contribution is 2.35. The van der Waals surface area contributed by atoms with Crippen LogP contribution in [-0.4, -0.2) is 52.1 Å². The number of rotatable bonds is 9. The van der Waals surface area contributed by atoms with Crippen molar-refractivity contribution in [1.29, 1.82) is 0 Å². The quantitative estimate of drug-likeness (QED) is 0.433. The number of allylic oxidation sites excluding steroid dienone is 2. The summed E-state index contributed by atoms with van der Waals surface area (Å²) in [5, 5.41) is 3.18. The van der Waals surface area contributed by atoms with Gasteiger partial charge in [0.05, 0.1) is 11.8 Å². The van der Waals surface area contributed by atoms with Crippen molar-refractivity contribution in [2.45, 2.75) is 83.3 Å². The molecule has 2 aliphatic carbocycles. The van der Waals surface area contributed by atoms with E-state index < -0.39 is 6.04 Å². The standard InChI is InChI=1S/C28H37N3O4/c1-2-24(26(33)29-21-13-7-4-8-14-21)31(19-20-11-5-3-6-12-20)25(32)17-18-30-27(34)22-15-9-10-16-23(22)28(30)35/h3,5-6,9-12,21-24H,2,4,7-8,13-19H2,1H3,(H,29,33)/t22-,23+,24?. The fourth-order valence-corrected chi connectivity index (χ4v) is 5.68. The van der Waals surface area contributed by atoms with Gasteiger partial charge in [0.15, 0.2) is 0 Å². The summed E-state index contributed by atoms with van der Waals surface area (Å²) in [6.07, 6.45) is 11.0. The Balaban J connectivity index is 1.46. The third kappa shape index (κ3) is 5.82. The second-order valence-corrected chi connectivity index (χ2v) is 10.0. The molecular formula is C28H37N3O4. The maximum atomic E-state index is 13.5. The second-order valence-electron chi connectivity index (χ2n) is 10.0. The zero-order chi connectivity index (χ0) is 24.8. The van der Waals surface area contributed by atoms with Gasteiger partial charge in [-0.2, -0.15) is 0 Å². The second kappa shape index (κ2) is 11.6. The van der Waals surface area contributed by atoms with E-state index >= 15 is 0 Å². The molecule has 1 aromatic carbocycles. The summed E-state index contributed by atoms with van der Waals surface area (Å²) in [7, 11) is 0. The normalized spacial score (nSPS) is 23.2. The van der Waals surface area contributed by atoms with Gasteiger partial charge in [-0.3, -0.25) is 24.1 Å². The maximum Gasteiger partial charge on any atom is 0.243 e. The van der Waals surface area contributed by atoms with E-state index in [1.807, 2.05) is 49.4 Å². The number of nitrogens with one attached hydrogen (secondary N) is 1. The van der Waals surface area contributed by atoms with Crippen molar-refractivity contribution in [3.63, 3.8) is 0 Å². The minimum Gasteiger partial charge on any atom is -0.352 e. The SMILES string of the molecule is CCC(C(=O)NC1CCCCC1)N(Cc1ccccc1)C(=O)CCN1C(=O)[C@H]2CC=CC[C@H]2C1=O. The van der Waals surface area contributed by atoms with Crippen LogP contribution in [0.2, 0.25) is 0 Å². The number of benzene rings is 1. The fraction of sp³-hybridized carbons (Fsp3) is 0.571. The molecule has 1 unspecified atom stereocenters. The lowest BCUT2D eigenvalue weighted by molar-refractivity contribution is -0.144. The number of fused-ring (bicyclic) bond motifs is 1. The molecule has 1 saturated carbocycles. The van der Waals surface area contributed by atoms with E-state index in [1.165, 1.54) is 11.3 Å². The Bertz CT molecular complexity index is 928. The minimum absolute atomic E-state index is 0.0182. The third-order valence-electron chi connectivity index (χ3n) is 7.68. The van der Waals surface area contributed by atoms with Crippen molar-refractivity contribution in [3.05, 3.63) is 48.0 Å². The summed E-state index contributed by atoms with van der Waals surface area (Å²) in [6, 6.07) is 9.20. The molecule has 4 rings (SSSR count). The molecule has 0 aromatic heterocycles. The molecule has 1 aliphatic heterocycles. The van der Waals surface area contributed by atoms with E-state index in [2.05, 4.69) is 5.32 Å². The van der Waals surface area contributed by atoms with Gasteiger partial charge in [0, 0.05) is 25.6 Å². The van der Waals surface area contributed by atoms with Gasteiger partial charge in [0.2, 0.25) is 23.6 Å². The fourth-order valence-electron chi connectivity index (χ4n) is 5.68. The number of hydrogen-bond donors (Lipinski definition) is 1. The number of imide groups is 1. The van der Waals surface area contributed by atoms with Crippen LogP contribution in [0.25, 0.3) is 0 Å². The Kier molecular flexibility index (Phi) is 8.37. The first kappa shape index (κ1) is 25.1. The first-order valence-corrected chi connectivity index (χ1v) is 13.1. The summed E-state index contributed by atoms with van der Waals surface area (Å²) in [5.41, 5.74) is 0.940. The van der Waals surface area contributed by atoms with Crippen molar-refractivity contribution in [1.82, 2.24) is 15.1 Å². The smallest absolute Gasteiger partial charge is 0.243 e. The lowest BCUT2D eigenvalue weighted by Crippen LogP contribution is -2.52. The number of likely N-dealkylation sites (tertiary alicyclic amines) is 1. The van der Waals surface area contributed by atoms with Gasteiger partial charge in [-0.25, -0.2) is 0 Å². The Morgan fingerprint density at radius 3 is 2.23 bits per heavy atom. The predicted molar refractivity (Wildman–Crippen MR) is 133 cm³/mol. The minimum atomic E-state index is -0.596. The highest BCUT2D eigenvalue weighted by Gasteiger charge is 2.47. The summed E-state index contributed by atoms with van der Waals surface area (Å²) in [4.78, 5) is 55.3. The third-order valence-corrected chi connectivity index (χ3v) is 7.68. The number of carbonyl (C=O) groups excluding carboxylic acids is 4. The molecule has 1 saturated heterocycles. The van der Waals surface area contributed by atoms with Gasteiger partial charge in [0.25, 0.3) is 0 Å². The monoisotopic (exact) mass is 479 g/mol. The zero-order valence-corrected chi connectivity index (χ0v) is 20.7. The number of hydrogen-bond acceptors (Lipinski definition) is 4. The maximum absolute atomic E-state index is 13.5. The highest BCUT2D eigenvalue weighted by molar-refractivity contribution is 6.05. The average molecular weight is 480 g/mol. The molecule has 1 aromatic rings. The van der Waals surface area contributed by atoms with Crippen LogP contribution in [0.4, 0.5) is 0 Å². The Labute approximate surface area is 207 Å². The number of nitrogens with zero attached hydrogens (tertiary/aromatic N) is 2. The van der Waals surface area contributed by atoms with Crippen molar-refractivity contribution in [2.24, 2.45) is 11.8 Å². The van der Waals surface area contributed by atoms with Gasteiger partial charge < -0.3 is 10.2 Å². The van der Waals surface area contributed by atoms with E-state index in [4.69, 9.17) is 0 Å². The lowest BCUT2D eigenvalue weighted by Gasteiger charge is -2.33. The molecule has 2 fully saturated rings. The summed E-state index contributed by atoms with van der Waals surface area (Å²) >= 11 is 0. The van der Waals surface area contributed by atoms with Gasteiger partial charge in [-0.05, 0) is 37.7 Å². The van der Waals surface area contributed by atoms with Crippen LogP contribution in [0.1, 0.15) is 70.3 Å². The van der Waals surface area contributed by atoms with Crippen molar-refractivity contribution >= 4 is 23.6 Å². The molecule has 7 nitrogen and oxygen atoms in total. The Hall–Kier alpha value is -2.96. The average Bonchev–Trinajstić information content (AvgIpc) is 3.13. The lowest BCUT2D eigenvalue weighted by atomic mass is 9.85. The van der Waals surface area contributed by atoms with E-state index in [1.54, 1.807) is 4.90 Å². The van der Waals surface area contributed by atoms with Gasteiger partial charge >= 0.3 is 0 Å². The molecule has 0 bridgehead atoms. The largest absolute Gasteiger partial charge is 0.352 e. The van der Waals surface area contributed by atoms with Crippen molar-refractivity contribution < 1.29 is 19.2 Å².